The molecule has 4 aliphatic carbocycles. The molecule has 7 rings (SSSR count). The zero-order valence-corrected chi connectivity index (χ0v) is 16.8. The number of aromatic nitrogens is 5. The minimum atomic E-state index is -0.428. The van der Waals surface area contributed by atoms with Crippen molar-refractivity contribution in [2.75, 3.05) is 10.6 Å². The van der Waals surface area contributed by atoms with Gasteiger partial charge in [0.05, 0.1) is 11.0 Å². The van der Waals surface area contributed by atoms with Gasteiger partial charge < -0.3 is 20.3 Å². The quantitative estimate of drug-likeness (QED) is 0.543. The molecule has 2 atom stereocenters. The number of aliphatic hydroxyl groups is 1. The highest BCUT2D eigenvalue weighted by molar-refractivity contribution is 5.90. The van der Waals surface area contributed by atoms with Crippen molar-refractivity contribution in [2.45, 2.75) is 50.7 Å². The van der Waals surface area contributed by atoms with Crippen molar-refractivity contribution in [1.29, 1.82) is 0 Å². The monoisotopic (exact) mass is 393 g/mol. The van der Waals surface area contributed by atoms with Crippen molar-refractivity contribution in [3.05, 3.63) is 24.0 Å². The van der Waals surface area contributed by atoms with Crippen LogP contribution in [0, 0.1) is 24.7 Å². The molecule has 3 aromatic rings. The van der Waals surface area contributed by atoms with E-state index in [0.29, 0.717) is 29.7 Å². The van der Waals surface area contributed by atoms with Gasteiger partial charge >= 0.3 is 0 Å². The van der Waals surface area contributed by atoms with Gasteiger partial charge in [-0.3, -0.25) is 5.10 Å². The number of hydrogen-bond acceptors (Lipinski definition) is 6. The first-order valence-electron chi connectivity index (χ1n) is 10.6. The Morgan fingerprint density at radius 3 is 2.69 bits per heavy atom. The van der Waals surface area contributed by atoms with Crippen molar-refractivity contribution < 1.29 is 5.11 Å². The number of anilines is 3. The summed E-state index contributed by atoms with van der Waals surface area (Å²) in [6.45, 7) is 1.98. The lowest BCUT2D eigenvalue weighted by atomic mass is 9.52. The molecule has 0 spiro atoms. The third-order valence-corrected chi connectivity index (χ3v) is 7.21. The van der Waals surface area contributed by atoms with Crippen LogP contribution in [0.15, 0.2) is 18.3 Å². The zero-order valence-electron chi connectivity index (χ0n) is 16.8. The Balaban J connectivity index is 1.34. The second kappa shape index (κ2) is 5.95. The summed E-state index contributed by atoms with van der Waals surface area (Å²) in [5.74, 6) is 3.85. The molecule has 0 aromatic carbocycles. The molecule has 4 N–H and O–H groups in total. The fraction of sp³-hybridized carbons (Fsp3) is 0.571. The maximum Gasteiger partial charge on any atom is 0.226 e. The molecule has 3 aromatic heterocycles. The van der Waals surface area contributed by atoms with Crippen molar-refractivity contribution in [3.8, 4) is 0 Å². The van der Waals surface area contributed by atoms with Gasteiger partial charge in [-0.1, -0.05) is 0 Å². The fourth-order valence-corrected chi connectivity index (χ4v) is 6.27. The van der Waals surface area contributed by atoms with Crippen LogP contribution in [0.25, 0.3) is 11.0 Å². The molecule has 29 heavy (non-hydrogen) atoms. The molecular weight excluding hydrogens is 366 g/mol. The smallest absolute Gasteiger partial charge is 0.226 e. The molecule has 4 aliphatic rings. The number of H-pyrrole nitrogens is 1. The predicted molar refractivity (Wildman–Crippen MR) is 111 cm³/mol. The fourth-order valence-electron chi connectivity index (χ4n) is 6.27. The van der Waals surface area contributed by atoms with Crippen molar-refractivity contribution in [3.63, 3.8) is 0 Å². The molecule has 4 bridgehead atoms. The van der Waals surface area contributed by atoms with Crippen LogP contribution in [-0.4, -0.2) is 41.5 Å². The Hall–Kier alpha value is -2.61. The molecular formula is C21H27N7O. The Morgan fingerprint density at radius 2 is 2.00 bits per heavy atom. The lowest BCUT2D eigenvalue weighted by Crippen LogP contribution is -2.59. The number of aryl methyl sites for hydroxylation is 2. The van der Waals surface area contributed by atoms with Gasteiger partial charge in [0.1, 0.15) is 11.5 Å². The summed E-state index contributed by atoms with van der Waals surface area (Å²) < 4.78 is 2.02. The molecule has 152 valence electrons. The number of hydrogen-bond donors (Lipinski definition) is 4. The van der Waals surface area contributed by atoms with Gasteiger partial charge in [-0.15, -0.1) is 0 Å². The molecule has 8 nitrogen and oxygen atoms in total. The van der Waals surface area contributed by atoms with Crippen molar-refractivity contribution >= 4 is 28.6 Å². The predicted octanol–water partition coefficient (Wildman–Crippen LogP) is 3.09. The van der Waals surface area contributed by atoms with E-state index >= 15 is 0 Å². The van der Waals surface area contributed by atoms with Crippen LogP contribution in [0.1, 0.15) is 37.8 Å². The maximum absolute atomic E-state index is 10.9. The third kappa shape index (κ3) is 2.80. The first-order chi connectivity index (χ1) is 14.0. The highest BCUT2D eigenvalue weighted by Gasteiger charge is 2.54. The molecule has 0 saturated heterocycles. The minimum absolute atomic E-state index is 0.338. The van der Waals surface area contributed by atoms with E-state index in [-0.39, 0.29) is 0 Å². The highest BCUT2D eigenvalue weighted by atomic mass is 16.3. The molecule has 3 heterocycles. The summed E-state index contributed by atoms with van der Waals surface area (Å²) in [4.78, 5) is 9.65. The normalized spacial score (nSPS) is 32.8. The summed E-state index contributed by atoms with van der Waals surface area (Å²) in [5.41, 5.74) is 1.46. The first-order valence-corrected chi connectivity index (χ1v) is 10.6. The first kappa shape index (κ1) is 17.3. The Morgan fingerprint density at radius 1 is 1.21 bits per heavy atom. The highest BCUT2D eigenvalue weighted by Crippen LogP contribution is 2.56. The average molecular weight is 393 g/mol. The van der Waals surface area contributed by atoms with Crippen molar-refractivity contribution in [2.24, 2.45) is 24.8 Å². The number of nitrogens with one attached hydrogen (secondary N) is 3. The van der Waals surface area contributed by atoms with Crippen LogP contribution < -0.4 is 10.6 Å². The Labute approximate surface area is 169 Å². The standard InChI is InChI=1S/C21H27N7O/c1-11-5-16(27-26-11)22-18-15-3-4-28(2)19(15)25-20(24-18)23-17-13-6-12-7-14(17)10-21(29,8-12)9-13/h3-5,12-14,17,29H,6-10H2,1-2H3,(H3,22,23,24,25,26,27). The average Bonchev–Trinajstić information content (AvgIpc) is 3.23. The number of rotatable bonds is 4. The molecule has 0 aliphatic heterocycles. The lowest BCUT2D eigenvalue weighted by Gasteiger charge is -2.58. The summed E-state index contributed by atoms with van der Waals surface area (Å²) in [6.07, 6.45) is 7.22. The van der Waals surface area contributed by atoms with Gasteiger partial charge in [-0.2, -0.15) is 15.1 Å². The molecule has 4 saturated carbocycles. The summed E-state index contributed by atoms with van der Waals surface area (Å²) >= 11 is 0. The second-order valence-electron chi connectivity index (χ2n) is 9.49. The zero-order chi connectivity index (χ0) is 19.8. The van der Waals surface area contributed by atoms with Gasteiger partial charge in [0, 0.05) is 31.0 Å². The minimum Gasteiger partial charge on any atom is -0.390 e. The van der Waals surface area contributed by atoms with E-state index < -0.39 is 5.60 Å². The molecule has 0 amide bonds. The number of nitrogens with zero attached hydrogens (tertiary/aromatic N) is 4. The van der Waals surface area contributed by atoms with Crippen LogP contribution in [0.4, 0.5) is 17.6 Å². The molecule has 4 fully saturated rings. The van der Waals surface area contributed by atoms with Crippen molar-refractivity contribution in [1.82, 2.24) is 24.7 Å². The second-order valence-corrected chi connectivity index (χ2v) is 9.49. The van der Waals surface area contributed by atoms with Crippen LogP contribution >= 0.6 is 0 Å². The van der Waals surface area contributed by atoms with Crippen LogP contribution in [0.3, 0.4) is 0 Å². The SMILES string of the molecule is Cc1cc(Nc2nc(NC3C4CC5CC3CC(O)(C5)C4)nc3c2ccn3C)n[nH]1. The largest absolute Gasteiger partial charge is 0.390 e. The van der Waals surface area contributed by atoms with E-state index in [1.54, 1.807) is 0 Å². The lowest BCUT2D eigenvalue weighted by molar-refractivity contribution is -0.129. The molecule has 0 radical (unpaired) electrons. The van der Waals surface area contributed by atoms with Gasteiger partial charge in [0.2, 0.25) is 5.95 Å². The van der Waals surface area contributed by atoms with Crippen LogP contribution in [-0.2, 0) is 7.05 Å². The van der Waals surface area contributed by atoms with Gasteiger partial charge in [-0.05, 0) is 62.8 Å². The Bertz CT molecular complexity index is 1070. The molecule has 2 unspecified atom stereocenters. The third-order valence-electron chi connectivity index (χ3n) is 7.21. The van der Waals surface area contributed by atoms with E-state index in [2.05, 4.69) is 20.8 Å². The van der Waals surface area contributed by atoms with Crippen LogP contribution in [0.2, 0.25) is 0 Å². The summed E-state index contributed by atoms with van der Waals surface area (Å²) in [5, 5.41) is 26.1. The summed E-state index contributed by atoms with van der Waals surface area (Å²) in [7, 11) is 2.00. The van der Waals surface area contributed by atoms with E-state index in [9.17, 15) is 5.11 Å². The van der Waals surface area contributed by atoms with E-state index in [4.69, 9.17) is 9.97 Å². The van der Waals surface area contributed by atoms with Gasteiger partial charge in [-0.25, -0.2) is 0 Å². The topological polar surface area (TPSA) is 104 Å². The van der Waals surface area contributed by atoms with Crippen LogP contribution in [0.5, 0.6) is 0 Å². The van der Waals surface area contributed by atoms with E-state index in [0.717, 1.165) is 47.6 Å². The maximum atomic E-state index is 10.9. The summed E-state index contributed by atoms with van der Waals surface area (Å²) in [6, 6.07) is 4.33. The van der Waals surface area contributed by atoms with Gasteiger partial charge in [0.15, 0.2) is 5.82 Å². The molecule has 8 heteroatoms. The van der Waals surface area contributed by atoms with E-state index in [1.165, 1.54) is 12.8 Å². The van der Waals surface area contributed by atoms with E-state index in [1.807, 2.05) is 36.9 Å². The number of fused-ring (bicyclic) bond motifs is 1. The van der Waals surface area contributed by atoms with Gasteiger partial charge in [0.25, 0.3) is 0 Å². The number of aromatic amines is 1. The Kier molecular flexibility index (Phi) is 3.54.